The van der Waals surface area contributed by atoms with Crippen LogP contribution in [0.3, 0.4) is 0 Å². The molecule has 0 fully saturated rings. The van der Waals surface area contributed by atoms with Crippen LogP contribution in [-0.4, -0.2) is 34.3 Å². The highest BCUT2D eigenvalue weighted by Crippen LogP contribution is 2.39. The lowest BCUT2D eigenvalue weighted by Crippen LogP contribution is -1.94. The molecule has 9 nitrogen and oxygen atoms in total. The fourth-order valence-electron chi connectivity index (χ4n) is 7.16. The number of hydrogen-bond acceptors (Lipinski definition) is 8. The van der Waals surface area contributed by atoms with Crippen molar-refractivity contribution in [2.75, 3.05) is 14.2 Å². The summed E-state index contributed by atoms with van der Waals surface area (Å²) >= 11 is 0. The second kappa shape index (κ2) is 13.6. The third kappa shape index (κ3) is 5.88. The van der Waals surface area contributed by atoms with Gasteiger partial charge in [-0.15, -0.1) is 0 Å². The van der Waals surface area contributed by atoms with E-state index in [9.17, 15) is 0 Å². The SMILES string of the molecule is COc1ccc(-c2cc(-c3ccc4c(c3)c3cc(-c5cc(-c6ccc(OC)cc6)no5)ccc3n4-c3ccc(-c4cc(-c5ccccc5)on4)cc3)on2)cc1. The highest BCUT2D eigenvalue weighted by Gasteiger charge is 2.19. The number of hydrogen-bond donors (Lipinski definition) is 0. The Kier molecular flexibility index (Phi) is 8.03. The molecule has 9 heteroatoms. The van der Waals surface area contributed by atoms with E-state index in [0.717, 1.165) is 95.2 Å². The minimum absolute atomic E-state index is 0.668. The molecule has 6 aromatic carbocycles. The summed E-state index contributed by atoms with van der Waals surface area (Å²) < 4.78 is 30.5. The fourth-order valence-corrected chi connectivity index (χ4v) is 7.16. The van der Waals surface area contributed by atoms with Crippen molar-refractivity contribution in [3.05, 3.63) is 158 Å². The lowest BCUT2D eigenvalue weighted by Gasteiger charge is -2.09. The van der Waals surface area contributed by atoms with Crippen LogP contribution in [0.4, 0.5) is 0 Å². The van der Waals surface area contributed by atoms with Gasteiger partial charge in [-0.3, -0.25) is 0 Å². The largest absolute Gasteiger partial charge is 0.497 e. The van der Waals surface area contributed by atoms with E-state index in [0.29, 0.717) is 11.5 Å². The van der Waals surface area contributed by atoms with Crippen molar-refractivity contribution in [2.24, 2.45) is 0 Å². The number of rotatable bonds is 9. The number of ether oxygens (including phenoxy) is 2. The Hall–Kier alpha value is -7.65. The van der Waals surface area contributed by atoms with Crippen molar-refractivity contribution in [2.45, 2.75) is 0 Å². The average Bonchev–Trinajstić information content (AvgIpc) is 4.10. The molecule has 10 aromatic rings. The summed E-state index contributed by atoms with van der Waals surface area (Å²) in [5, 5.41) is 15.3. The van der Waals surface area contributed by atoms with E-state index in [-0.39, 0.29) is 0 Å². The third-order valence-corrected chi connectivity index (χ3v) is 10.1. The Morgan fingerprint density at radius 3 is 1.21 bits per heavy atom. The lowest BCUT2D eigenvalue weighted by atomic mass is 10.0. The summed E-state index contributed by atoms with van der Waals surface area (Å²) in [4.78, 5) is 0. The Balaban J connectivity index is 1.06. The van der Waals surface area contributed by atoms with Crippen molar-refractivity contribution in [3.8, 4) is 84.9 Å². The Bertz CT molecular complexity index is 2830. The van der Waals surface area contributed by atoms with Crippen LogP contribution in [0.15, 0.2) is 171 Å². The van der Waals surface area contributed by atoms with Gasteiger partial charge in [0.25, 0.3) is 0 Å². The number of fused-ring (bicyclic) bond motifs is 3. The smallest absolute Gasteiger partial charge is 0.167 e. The zero-order valence-corrected chi connectivity index (χ0v) is 30.3. The van der Waals surface area contributed by atoms with E-state index in [4.69, 9.17) is 23.0 Å². The molecule has 0 saturated carbocycles. The molecule has 0 aliphatic heterocycles. The van der Waals surface area contributed by atoms with Gasteiger partial charge >= 0.3 is 0 Å². The maximum absolute atomic E-state index is 5.92. The predicted molar refractivity (Wildman–Crippen MR) is 217 cm³/mol. The number of nitrogens with zero attached hydrogens (tertiary/aromatic N) is 4. The van der Waals surface area contributed by atoms with Crippen LogP contribution in [0.1, 0.15) is 0 Å². The summed E-state index contributed by atoms with van der Waals surface area (Å²) in [5.74, 6) is 3.63. The zero-order valence-electron chi connectivity index (χ0n) is 30.3. The van der Waals surface area contributed by atoms with Gasteiger partial charge < -0.3 is 27.6 Å². The van der Waals surface area contributed by atoms with E-state index in [2.05, 4.69) is 80.7 Å². The summed E-state index contributed by atoms with van der Waals surface area (Å²) in [6.07, 6.45) is 0. The first-order chi connectivity index (χ1) is 27.6. The van der Waals surface area contributed by atoms with Crippen molar-refractivity contribution >= 4 is 21.8 Å². The minimum atomic E-state index is 0.668. The Morgan fingerprint density at radius 2 is 0.786 bits per heavy atom. The molecule has 0 N–H and O–H groups in total. The molecule has 0 aliphatic rings. The first-order valence-corrected chi connectivity index (χ1v) is 18.1. The molecule has 56 heavy (non-hydrogen) atoms. The van der Waals surface area contributed by atoms with Crippen molar-refractivity contribution in [1.82, 2.24) is 20.0 Å². The summed E-state index contributed by atoms with van der Waals surface area (Å²) in [6.45, 7) is 0. The van der Waals surface area contributed by atoms with Gasteiger partial charge in [-0.1, -0.05) is 57.9 Å². The molecule has 4 aromatic heterocycles. The molecule has 0 atom stereocenters. The van der Waals surface area contributed by atoms with Gasteiger partial charge in [0.2, 0.25) is 0 Å². The molecule has 0 saturated heterocycles. The maximum atomic E-state index is 5.92. The molecular weight excluding hydrogens is 701 g/mol. The van der Waals surface area contributed by atoms with Crippen LogP contribution < -0.4 is 9.47 Å². The molecule has 0 spiro atoms. The Labute approximate surface area is 320 Å². The first-order valence-electron chi connectivity index (χ1n) is 18.1. The topological polar surface area (TPSA) is 101 Å². The molecule has 270 valence electrons. The van der Waals surface area contributed by atoms with Gasteiger partial charge in [0.15, 0.2) is 17.3 Å². The Morgan fingerprint density at radius 1 is 0.393 bits per heavy atom. The van der Waals surface area contributed by atoms with Crippen molar-refractivity contribution in [1.29, 1.82) is 0 Å². The lowest BCUT2D eigenvalue weighted by molar-refractivity contribution is 0.414. The number of benzene rings is 6. The average molecular weight is 733 g/mol. The third-order valence-electron chi connectivity index (χ3n) is 10.1. The van der Waals surface area contributed by atoms with Crippen LogP contribution in [0.2, 0.25) is 0 Å². The molecule has 4 heterocycles. The quantitative estimate of drug-likeness (QED) is 0.145. The second-order valence-electron chi connectivity index (χ2n) is 13.4. The van der Waals surface area contributed by atoms with Crippen LogP contribution in [0.25, 0.3) is 95.2 Å². The van der Waals surface area contributed by atoms with E-state index < -0.39 is 0 Å². The maximum Gasteiger partial charge on any atom is 0.167 e. The van der Waals surface area contributed by atoms with Gasteiger partial charge in [-0.25, -0.2) is 0 Å². The normalized spacial score (nSPS) is 11.4. The van der Waals surface area contributed by atoms with E-state index >= 15 is 0 Å². The van der Waals surface area contributed by atoms with Gasteiger partial charge in [0, 0.05) is 68.0 Å². The van der Waals surface area contributed by atoms with Gasteiger partial charge in [0.1, 0.15) is 28.6 Å². The van der Waals surface area contributed by atoms with Gasteiger partial charge in [-0.2, -0.15) is 0 Å². The highest BCUT2D eigenvalue weighted by atomic mass is 16.5. The van der Waals surface area contributed by atoms with E-state index in [1.807, 2.05) is 97.1 Å². The molecule has 0 aliphatic carbocycles. The van der Waals surface area contributed by atoms with Crippen LogP contribution in [-0.2, 0) is 0 Å². The van der Waals surface area contributed by atoms with Crippen molar-refractivity contribution < 1.29 is 23.0 Å². The summed E-state index contributed by atoms with van der Waals surface area (Å²) in [5.41, 5.74) is 11.0. The number of methoxy groups -OCH3 is 2. The van der Waals surface area contributed by atoms with E-state index in [1.54, 1.807) is 14.2 Å². The molecular formula is C47H32N4O5. The van der Waals surface area contributed by atoms with Crippen LogP contribution in [0, 0.1) is 0 Å². The number of aromatic nitrogens is 4. The van der Waals surface area contributed by atoms with Crippen molar-refractivity contribution in [3.63, 3.8) is 0 Å². The summed E-state index contributed by atoms with van der Waals surface area (Å²) in [6, 6.07) is 52.5. The van der Waals surface area contributed by atoms with Crippen LogP contribution >= 0.6 is 0 Å². The molecule has 0 radical (unpaired) electrons. The van der Waals surface area contributed by atoms with Crippen LogP contribution in [0.5, 0.6) is 11.5 Å². The molecule has 0 amide bonds. The standard InChI is InChI=1S/C47H32N4O5/c1-52-36-18-10-30(11-19-36)41-27-46(55-49-41)33-14-22-43-38(24-33)39-25-34(47-28-42(50-56-47)31-12-20-37(53-2)21-13-31)15-23-44(39)51(43)35-16-8-29(9-17-35)40-26-45(54-48-40)32-6-4-3-5-7-32/h3-28H,1-2H3. The highest BCUT2D eigenvalue weighted by molar-refractivity contribution is 6.11. The minimum Gasteiger partial charge on any atom is -0.497 e. The fraction of sp³-hybridized carbons (Fsp3) is 0.0426. The second-order valence-corrected chi connectivity index (χ2v) is 13.4. The van der Waals surface area contributed by atoms with Gasteiger partial charge in [0.05, 0.1) is 25.3 Å². The first kappa shape index (κ1) is 33.0. The van der Waals surface area contributed by atoms with Gasteiger partial charge in [-0.05, 0) is 97.1 Å². The summed E-state index contributed by atoms with van der Waals surface area (Å²) in [7, 11) is 3.31. The molecule has 0 bridgehead atoms. The van der Waals surface area contributed by atoms with E-state index in [1.165, 1.54) is 0 Å². The predicted octanol–water partition coefficient (Wildman–Crippen LogP) is 11.8. The zero-order chi connectivity index (χ0) is 37.6. The molecule has 0 unspecified atom stereocenters. The monoisotopic (exact) mass is 732 g/mol. The molecule has 10 rings (SSSR count).